The van der Waals surface area contributed by atoms with Crippen LogP contribution < -0.4 is 0 Å². The summed E-state index contributed by atoms with van der Waals surface area (Å²) in [5, 5.41) is 0. The van der Waals surface area contributed by atoms with Gasteiger partial charge in [0.15, 0.2) is 0 Å². The second kappa shape index (κ2) is 10.1. The van der Waals surface area contributed by atoms with Crippen LogP contribution in [0.15, 0.2) is 11.0 Å². The molecule has 0 aromatic heterocycles. The summed E-state index contributed by atoms with van der Waals surface area (Å²) in [4.78, 5) is 1.16. The van der Waals surface area contributed by atoms with Crippen molar-refractivity contribution in [1.29, 1.82) is 0 Å². The van der Waals surface area contributed by atoms with Crippen LogP contribution in [0.3, 0.4) is 0 Å². The maximum absolute atomic E-state index is 4.09. The van der Waals surface area contributed by atoms with Crippen molar-refractivity contribution < 1.29 is 0 Å². The summed E-state index contributed by atoms with van der Waals surface area (Å²) in [6.07, 6.45) is 3.06. The lowest BCUT2D eigenvalue weighted by Crippen LogP contribution is -1.59. The minimum Gasteiger partial charge on any atom is -0.148 e. The van der Waals surface area contributed by atoms with Gasteiger partial charge in [-0.3, -0.25) is 0 Å². The first-order chi connectivity index (χ1) is 3.81. The van der Waals surface area contributed by atoms with Gasteiger partial charge in [0.25, 0.3) is 0 Å². The Morgan fingerprint density at radius 3 is 1.88 bits per heavy atom. The van der Waals surface area contributed by atoms with Gasteiger partial charge < -0.3 is 0 Å². The van der Waals surface area contributed by atoms with E-state index in [9.17, 15) is 0 Å². The fourth-order valence-corrected chi connectivity index (χ4v) is 0.204. The zero-order valence-corrected chi connectivity index (χ0v) is 7.13. The topological polar surface area (TPSA) is 0 Å². The van der Waals surface area contributed by atoms with Crippen LogP contribution in [0.4, 0.5) is 0 Å². The van der Waals surface area contributed by atoms with Crippen molar-refractivity contribution in [2.24, 2.45) is 0 Å². The van der Waals surface area contributed by atoms with E-state index in [2.05, 4.69) is 19.6 Å². The Morgan fingerprint density at radius 1 is 1.50 bits per heavy atom. The summed E-state index contributed by atoms with van der Waals surface area (Å²) in [5.74, 6) is 0. The Balaban J connectivity index is 0. The zero-order valence-electron chi connectivity index (χ0n) is 6.23. The average molecular weight is 132 g/mol. The van der Waals surface area contributed by atoms with Crippen LogP contribution in [0.2, 0.25) is 0 Å². The first-order valence-electron chi connectivity index (χ1n) is 3.15. The normalized spacial score (nSPS) is 9.88. The smallest absolute Gasteiger partial charge is 0.0230 e. The molecular weight excluding hydrogens is 116 g/mol. The largest absolute Gasteiger partial charge is 0.148 e. The molecule has 0 unspecified atom stereocenters. The second-order valence-electron chi connectivity index (χ2n) is 1.13. The molecule has 0 radical (unpaired) electrons. The second-order valence-corrected chi connectivity index (χ2v) is 1.71. The Kier molecular flexibility index (Phi) is 13.9. The van der Waals surface area contributed by atoms with Gasteiger partial charge in [0.05, 0.1) is 0 Å². The molecule has 0 N–H and O–H groups in total. The summed E-state index contributed by atoms with van der Waals surface area (Å²) >= 11 is 4.09. The van der Waals surface area contributed by atoms with Crippen molar-refractivity contribution in [3.63, 3.8) is 0 Å². The van der Waals surface area contributed by atoms with Gasteiger partial charge in [0.2, 0.25) is 0 Å². The molecule has 0 aliphatic heterocycles. The summed E-state index contributed by atoms with van der Waals surface area (Å²) in [7, 11) is 0. The highest BCUT2D eigenvalue weighted by atomic mass is 32.1. The van der Waals surface area contributed by atoms with Crippen molar-refractivity contribution in [2.45, 2.75) is 34.1 Å². The monoisotopic (exact) mass is 132 g/mol. The Labute approximate surface area is 58.4 Å². The van der Waals surface area contributed by atoms with Crippen LogP contribution in [0.5, 0.6) is 0 Å². The minimum atomic E-state index is 1.06. The lowest BCUT2D eigenvalue weighted by molar-refractivity contribution is 1.20. The summed E-state index contributed by atoms with van der Waals surface area (Å²) in [6, 6.07) is 0. The number of hydrogen-bond acceptors (Lipinski definition) is 1. The zero-order chi connectivity index (χ0) is 6.99. The van der Waals surface area contributed by atoms with Gasteiger partial charge in [-0.05, 0) is 18.2 Å². The standard InChI is InChI=1S/C5H10S.C2H6/c1-3-5(6)4-2;1-2/h3,6H,4H2,1-2H3;1-2H3/b5-3-;. The van der Waals surface area contributed by atoms with Crippen molar-refractivity contribution in [3.8, 4) is 0 Å². The quantitative estimate of drug-likeness (QED) is 0.520. The summed E-state index contributed by atoms with van der Waals surface area (Å²) in [6.45, 7) is 8.08. The first kappa shape index (κ1) is 11.0. The van der Waals surface area contributed by atoms with E-state index in [4.69, 9.17) is 0 Å². The molecule has 0 heterocycles. The van der Waals surface area contributed by atoms with Crippen LogP contribution in [-0.4, -0.2) is 0 Å². The Bertz CT molecular complexity index is 55.4. The third-order valence-electron chi connectivity index (χ3n) is 0.695. The Morgan fingerprint density at radius 2 is 1.88 bits per heavy atom. The third-order valence-corrected chi connectivity index (χ3v) is 1.27. The van der Waals surface area contributed by atoms with E-state index in [0.29, 0.717) is 0 Å². The molecule has 0 rings (SSSR count). The molecule has 0 spiro atoms. The Hall–Kier alpha value is 0.0900. The molecule has 0 atom stereocenters. The SMILES string of the molecule is C/C=C(\S)CC.CC. The van der Waals surface area contributed by atoms with Crippen LogP contribution in [-0.2, 0) is 0 Å². The molecule has 0 aliphatic rings. The highest BCUT2D eigenvalue weighted by molar-refractivity contribution is 7.84. The van der Waals surface area contributed by atoms with Gasteiger partial charge in [-0.2, -0.15) is 0 Å². The highest BCUT2D eigenvalue weighted by Crippen LogP contribution is 2.02. The lowest BCUT2D eigenvalue weighted by Gasteiger charge is -1.83. The molecule has 0 aliphatic carbocycles. The maximum atomic E-state index is 4.09. The van der Waals surface area contributed by atoms with Crippen LogP contribution in [0.1, 0.15) is 34.1 Å². The molecule has 8 heavy (non-hydrogen) atoms. The van der Waals surface area contributed by atoms with Crippen LogP contribution in [0.25, 0.3) is 0 Å². The molecule has 0 aromatic rings. The van der Waals surface area contributed by atoms with Crippen molar-refractivity contribution in [3.05, 3.63) is 11.0 Å². The molecule has 0 nitrogen and oxygen atoms in total. The molecule has 0 saturated heterocycles. The van der Waals surface area contributed by atoms with E-state index in [1.54, 1.807) is 0 Å². The molecule has 0 bridgehead atoms. The number of hydrogen-bond donors (Lipinski definition) is 1. The summed E-state index contributed by atoms with van der Waals surface area (Å²) in [5.41, 5.74) is 0. The van der Waals surface area contributed by atoms with Gasteiger partial charge >= 0.3 is 0 Å². The van der Waals surface area contributed by atoms with Crippen molar-refractivity contribution in [1.82, 2.24) is 0 Å². The molecule has 0 saturated carbocycles. The average Bonchev–Trinajstić information content (AvgIpc) is 1.91. The van der Waals surface area contributed by atoms with E-state index >= 15 is 0 Å². The van der Waals surface area contributed by atoms with Crippen molar-refractivity contribution >= 4 is 12.6 Å². The van der Waals surface area contributed by atoms with Gasteiger partial charge in [0.1, 0.15) is 0 Å². The maximum Gasteiger partial charge on any atom is -0.0230 e. The first-order valence-corrected chi connectivity index (χ1v) is 3.60. The van der Waals surface area contributed by atoms with Gasteiger partial charge in [-0.1, -0.05) is 26.8 Å². The number of rotatable bonds is 1. The predicted molar refractivity (Wildman–Crippen MR) is 44.4 cm³/mol. The predicted octanol–water partition coefficient (Wildman–Crippen LogP) is 3.26. The van der Waals surface area contributed by atoms with E-state index < -0.39 is 0 Å². The number of thiol groups is 1. The molecular formula is C7H16S. The van der Waals surface area contributed by atoms with E-state index in [0.717, 1.165) is 11.3 Å². The fourth-order valence-electron chi connectivity index (χ4n) is 0.204. The molecule has 0 amide bonds. The van der Waals surface area contributed by atoms with Gasteiger partial charge in [-0.15, -0.1) is 12.6 Å². The van der Waals surface area contributed by atoms with Crippen molar-refractivity contribution in [2.75, 3.05) is 0 Å². The van der Waals surface area contributed by atoms with E-state index in [1.807, 2.05) is 26.8 Å². The molecule has 0 aromatic carbocycles. The third kappa shape index (κ3) is 9.43. The fraction of sp³-hybridized carbons (Fsp3) is 0.714. The highest BCUT2D eigenvalue weighted by Gasteiger charge is 1.74. The number of allylic oxidation sites excluding steroid dienone is 2. The van der Waals surface area contributed by atoms with Crippen LogP contribution in [0, 0.1) is 0 Å². The molecule has 1 heteroatoms. The van der Waals surface area contributed by atoms with Gasteiger partial charge in [0, 0.05) is 0 Å². The summed E-state index contributed by atoms with van der Waals surface area (Å²) < 4.78 is 0. The van der Waals surface area contributed by atoms with E-state index in [-0.39, 0.29) is 0 Å². The molecule has 50 valence electrons. The minimum absolute atomic E-state index is 1.06. The van der Waals surface area contributed by atoms with E-state index in [1.165, 1.54) is 0 Å². The van der Waals surface area contributed by atoms with Crippen LogP contribution >= 0.6 is 12.6 Å². The molecule has 0 fully saturated rings. The lowest BCUT2D eigenvalue weighted by atomic mass is 10.4. The van der Waals surface area contributed by atoms with Gasteiger partial charge in [-0.25, -0.2) is 0 Å².